The Kier molecular flexibility index (Phi) is 7.82. The second-order valence-corrected chi connectivity index (χ2v) is 9.86. The van der Waals surface area contributed by atoms with E-state index in [9.17, 15) is 18.0 Å². The molecule has 7 nitrogen and oxygen atoms in total. The van der Waals surface area contributed by atoms with Gasteiger partial charge in [0, 0.05) is 54.1 Å². The maximum Gasteiger partial charge on any atom is 0.405 e. The third-order valence-corrected chi connectivity index (χ3v) is 6.64. The second kappa shape index (κ2) is 10.9. The number of aromatic amines is 1. The minimum atomic E-state index is -4.45. The van der Waals surface area contributed by atoms with Gasteiger partial charge in [0.15, 0.2) is 0 Å². The summed E-state index contributed by atoms with van der Waals surface area (Å²) in [5.74, 6) is -0.648. The molecule has 0 spiro atoms. The van der Waals surface area contributed by atoms with Crippen LogP contribution >= 0.6 is 0 Å². The molecule has 1 aliphatic heterocycles. The molecule has 1 fully saturated rings. The normalized spacial score (nSPS) is 16.4. The zero-order valence-corrected chi connectivity index (χ0v) is 20.7. The first-order valence-electron chi connectivity index (χ1n) is 12.2. The molecule has 3 aromatic rings. The molecule has 1 amide bonds. The van der Waals surface area contributed by atoms with Crippen LogP contribution in [-0.2, 0) is 11.2 Å². The molecule has 1 unspecified atom stereocenters. The first-order chi connectivity index (χ1) is 17.1. The van der Waals surface area contributed by atoms with E-state index in [4.69, 9.17) is 4.74 Å². The Morgan fingerprint density at radius 3 is 2.67 bits per heavy atom. The van der Waals surface area contributed by atoms with Crippen LogP contribution in [0.5, 0.6) is 5.75 Å². The zero-order valence-electron chi connectivity index (χ0n) is 20.7. The third-order valence-electron chi connectivity index (χ3n) is 6.64. The highest BCUT2D eigenvalue weighted by atomic mass is 19.4. The van der Waals surface area contributed by atoms with Crippen LogP contribution < -0.4 is 10.1 Å². The molecular formula is C26H32F3N5O2. The molecule has 0 saturated carbocycles. The van der Waals surface area contributed by atoms with E-state index in [-0.39, 0.29) is 18.4 Å². The largest absolute Gasteiger partial charge is 0.489 e. The number of amides is 1. The Labute approximate surface area is 208 Å². The molecule has 4 heterocycles. The molecule has 10 heteroatoms. The monoisotopic (exact) mass is 503 g/mol. The molecule has 0 aliphatic carbocycles. The van der Waals surface area contributed by atoms with Crippen molar-refractivity contribution >= 4 is 16.9 Å². The van der Waals surface area contributed by atoms with E-state index < -0.39 is 24.5 Å². The van der Waals surface area contributed by atoms with Crippen LogP contribution in [0, 0.1) is 11.8 Å². The summed E-state index contributed by atoms with van der Waals surface area (Å²) in [5, 5.41) is 2.91. The van der Waals surface area contributed by atoms with Crippen molar-refractivity contribution in [1.82, 2.24) is 25.2 Å². The van der Waals surface area contributed by atoms with Gasteiger partial charge in [0.2, 0.25) is 5.91 Å². The molecule has 1 saturated heterocycles. The van der Waals surface area contributed by atoms with Gasteiger partial charge in [-0.15, -0.1) is 0 Å². The molecule has 194 valence electrons. The van der Waals surface area contributed by atoms with Gasteiger partial charge in [0.05, 0.1) is 6.20 Å². The minimum Gasteiger partial charge on any atom is -0.489 e. The number of carbonyl (C=O) groups is 1. The third kappa shape index (κ3) is 6.54. The highest BCUT2D eigenvalue weighted by Crippen LogP contribution is 2.31. The summed E-state index contributed by atoms with van der Waals surface area (Å²) in [6.45, 7) is 4.32. The van der Waals surface area contributed by atoms with E-state index in [2.05, 4.69) is 26.9 Å². The van der Waals surface area contributed by atoms with Crippen molar-refractivity contribution in [2.45, 2.75) is 45.4 Å². The average Bonchev–Trinajstić information content (AvgIpc) is 3.25. The fourth-order valence-corrected chi connectivity index (χ4v) is 4.53. The number of piperidine rings is 1. The first kappa shape index (κ1) is 25.9. The SMILES string of the molecule is CC(C)C(Cc1cncc(-c2c[nH]c3ncc(OC4CCN(C)CC4)cc23)c1)C(=O)NCC(F)(F)F. The van der Waals surface area contributed by atoms with Crippen LogP contribution in [-0.4, -0.2) is 64.7 Å². The van der Waals surface area contributed by atoms with Crippen LogP contribution in [0.4, 0.5) is 13.2 Å². The predicted octanol–water partition coefficient (Wildman–Crippen LogP) is 4.59. The molecule has 1 atom stereocenters. The van der Waals surface area contributed by atoms with Crippen LogP contribution in [0.1, 0.15) is 32.3 Å². The second-order valence-electron chi connectivity index (χ2n) is 9.86. The number of halogens is 3. The molecular weight excluding hydrogens is 471 g/mol. The van der Waals surface area contributed by atoms with E-state index in [0.717, 1.165) is 53.7 Å². The van der Waals surface area contributed by atoms with Crippen molar-refractivity contribution in [3.8, 4) is 16.9 Å². The van der Waals surface area contributed by atoms with Gasteiger partial charge in [-0.3, -0.25) is 9.78 Å². The summed E-state index contributed by atoms with van der Waals surface area (Å²) in [5.41, 5.74) is 3.21. The number of likely N-dealkylation sites (tertiary alicyclic amines) is 1. The molecule has 4 rings (SSSR count). The van der Waals surface area contributed by atoms with Crippen molar-refractivity contribution in [3.63, 3.8) is 0 Å². The number of carbonyl (C=O) groups excluding carboxylic acids is 1. The number of fused-ring (bicyclic) bond motifs is 1. The fraction of sp³-hybridized carbons (Fsp3) is 0.500. The van der Waals surface area contributed by atoms with Crippen molar-refractivity contribution in [3.05, 3.63) is 42.5 Å². The molecule has 1 aliphatic rings. The number of nitrogens with zero attached hydrogens (tertiary/aromatic N) is 3. The average molecular weight is 504 g/mol. The predicted molar refractivity (Wildman–Crippen MR) is 132 cm³/mol. The summed E-state index contributed by atoms with van der Waals surface area (Å²) in [6.07, 6.45) is 4.88. The van der Waals surface area contributed by atoms with Crippen molar-refractivity contribution in [1.29, 1.82) is 0 Å². The molecule has 3 aromatic heterocycles. The van der Waals surface area contributed by atoms with Crippen molar-refractivity contribution < 1.29 is 22.7 Å². The van der Waals surface area contributed by atoms with Gasteiger partial charge >= 0.3 is 6.18 Å². The Morgan fingerprint density at radius 1 is 1.22 bits per heavy atom. The standard InChI is InChI=1S/C26H32F3N5O2/c1-16(2)21(25(35)33-15-26(27,28)29)9-17-8-18(12-30-11-17)23-14-32-24-22(23)10-20(13-31-24)36-19-4-6-34(3)7-5-19/h8,10-14,16,19,21H,4-7,9,15H2,1-3H3,(H,31,32)(H,33,35). The first-order valence-corrected chi connectivity index (χ1v) is 12.2. The van der Waals surface area contributed by atoms with Crippen LogP contribution in [0.2, 0.25) is 0 Å². The van der Waals surface area contributed by atoms with Gasteiger partial charge in [0.25, 0.3) is 0 Å². The van der Waals surface area contributed by atoms with Crippen LogP contribution in [0.25, 0.3) is 22.2 Å². The summed E-state index contributed by atoms with van der Waals surface area (Å²) < 4.78 is 43.9. The van der Waals surface area contributed by atoms with Crippen LogP contribution in [0.3, 0.4) is 0 Å². The summed E-state index contributed by atoms with van der Waals surface area (Å²) in [4.78, 5) is 26.8. The van der Waals surface area contributed by atoms with E-state index in [1.807, 2.05) is 37.5 Å². The van der Waals surface area contributed by atoms with Gasteiger partial charge in [-0.1, -0.05) is 13.8 Å². The van der Waals surface area contributed by atoms with E-state index in [1.165, 1.54) is 0 Å². The van der Waals surface area contributed by atoms with Gasteiger partial charge < -0.3 is 19.9 Å². The Balaban J connectivity index is 1.52. The number of nitrogens with one attached hydrogen (secondary N) is 2. The number of ether oxygens (including phenoxy) is 1. The van der Waals surface area contributed by atoms with Gasteiger partial charge in [0.1, 0.15) is 24.0 Å². The molecule has 0 bridgehead atoms. The molecule has 0 radical (unpaired) electrons. The summed E-state index contributed by atoms with van der Waals surface area (Å²) in [7, 11) is 2.11. The lowest BCUT2D eigenvalue weighted by atomic mass is 9.88. The number of H-pyrrole nitrogens is 1. The Hall–Kier alpha value is -3.14. The topological polar surface area (TPSA) is 83.1 Å². The number of aromatic nitrogens is 3. The van der Waals surface area contributed by atoms with E-state index in [0.29, 0.717) is 5.75 Å². The Bertz CT molecular complexity index is 1190. The lowest BCUT2D eigenvalue weighted by Gasteiger charge is -2.29. The van der Waals surface area contributed by atoms with Crippen molar-refractivity contribution in [2.75, 3.05) is 26.7 Å². The highest BCUT2D eigenvalue weighted by Gasteiger charge is 2.30. The molecule has 2 N–H and O–H groups in total. The van der Waals surface area contributed by atoms with Gasteiger partial charge in [-0.05, 0) is 49.9 Å². The lowest BCUT2D eigenvalue weighted by Crippen LogP contribution is -2.40. The Morgan fingerprint density at radius 2 is 1.97 bits per heavy atom. The molecule has 0 aromatic carbocycles. The quantitative estimate of drug-likeness (QED) is 0.470. The fourth-order valence-electron chi connectivity index (χ4n) is 4.53. The molecule has 36 heavy (non-hydrogen) atoms. The van der Waals surface area contributed by atoms with Gasteiger partial charge in [-0.25, -0.2) is 4.98 Å². The van der Waals surface area contributed by atoms with Gasteiger partial charge in [-0.2, -0.15) is 13.2 Å². The number of hydrogen-bond acceptors (Lipinski definition) is 5. The summed E-state index contributed by atoms with van der Waals surface area (Å²) in [6, 6.07) is 3.90. The van der Waals surface area contributed by atoms with E-state index in [1.54, 1.807) is 18.6 Å². The number of alkyl halides is 3. The van der Waals surface area contributed by atoms with Crippen molar-refractivity contribution in [2.24, 2.45) is 11.8 Å². The number of pyridine rings is 2. The smallest absolute Gasteiger partial charge is 0.405 e. The van der Waals surface area contributed by atoms with Crippen LogP contribution in [0.15, 0.2) is 36.9 Å². The van der Waals surface area contributed by atoms with E-state index >= 15 is 0 Å². The number of rotatable bonds is 8. The maximum atomic E-state index is 12.6. The lowest BCUT2D eigenvalue weighted by molar-refractivity contribution is -0.141. The maximum absolute atomic E-state index is 12.6. The minimum absolute atomic E-state index is 0.140. The number of hydrogen-bond donors (Lipinski definition) is 2. The highest BCUT2D eigenvalue weighted by molar-refractivity contribution is 5.94. The summed E-state index contributed by atoms with van der Waals surface area (Å²) >= 11 is 0. The zero-order chi connectivity index (χ0) is 25.9.